The summed E-state index contributed by atoms with van der Waals surface area (Å²) in [5.74, 6) is 0.458. The smallest absolute Gasteiger partial charge is 0.125 e. The number of hydrogen-bond acceptors (Lipinski definition) is 3. The van der Waals surface area contributed by atoms with Gasteiger partial charge in [0.15, 0.2) is 0 Å². The fourth-order valence-electron chi connectivity index (χ4n) is 0.697. The van der Waals surface area contributed by atoms with Crippen LogP contribution in [0, 0.1) is 0 Å². The molecule has 1 aromatic heterocycles. The van der Waals surface area contributed by atoms with Crippen LogP contribution in [-0.4, -0.2) is 11.3 Å². The molecule has 0 saturated heterocycles. The van der Waals surface area contributed by atoms with Crippen molar-refractivity contribution >= 4 is 12.1 Å². The number of aromatic nitrogens is 1. The Morgan fingerprint density at radius 3 is 3.00 bits per heavy atom. The Balaban J connectivity index is 2.84. The van der Waals surface area contributed by atoms with E-state index < -0.39 is 0 Å². The maximum absolute atomic E-state index is 10.0. The zero-order valence-electron chi connectivity index (χ0n) is 5.45. The first-order valence-corrected chi connectivity index (χ1v) is 2.98. The van der Waals surface area contributed by atoms with Crippen molar-refractivity contribution in [3.63, 3.8) is 0 Å². The second-order valence-electron chi connectivity index (χ2n) is 1.92. The highest BCUT2D eigenvalue weighted by atomic mass is 16.1. The van der Waals surface area contributed by atoms with Gasteiger partial charge in [-0.1, -0.05) is 6.07 Å². The third kappa shape index (κ3) is 1.55. The Bertz CT molecular complexity index is 235. The van der Waals surface area contributed by atoms with E-state index in [9.17, 15) is 4.79 Å². The van der Waals surface area contributed by atoms with E-state index in [2.05, 4.69) is 4.98 Å². The van der Waals surface area contributed by atoms with E-state index in [0.29, 0.717) is 12.2 Å². The van der Waals surface area contributed by atoms with Crippen LogP contribution in [0.25, 0.3) is 0 Å². The Kier molecular flexibility index (Phi) is 1.99. The molecule has 1 rings (SSSR count). The van der Waals surface area contributed by atoms with Crippen LogP contribution in [0.5, 0.6) is 0 Å². The second kappa shape index (κ2) is 2.96. The van der Waals surface area contributed by atoms with Gasteiger partial charge in [0.25, 0.3) is 0 Å². The summed E-state index contributed by atoms with van der Waals surface area (Å²) in [5, 5.41) is 0. The highest BCUT2D eigenvalue weighted by Gasteiger charge is 1.91. The molecule has 0 saturated carbocycles. The number of nitrogens with two attached hydrogens (primary N) is 1. The van der Waals surface area contributed by atoms with Gasteiger partial charge in [-0.2, -0.15) is 0 Å². The van der Waals surface area contributed by atoms with Gasteiger partial charge in [0, 0.05) is 12.1 Å². The monoisotopic (exact) mass is 136 g/mol. The summed E-state index contributed by atoms with van der Waals surface area (Å²) < 4.78 is 0. The van der Waals surface area contributed by atoms with Crippen LogP contribution in [0.3, 0.4) is 0 Å². The summed E-state index contributed by atoms with van der Waals surface area (Å²) in [4.78, 5) is 13.9. The molecule has 0 aromatic carbocycles. The molecule has 0 unspecified atom stereocenters. The lowest BCUT2D eigenvalue weighted by Crippen LogP contribution is -1.95. The van der Waals surface area contributed by atoms with Crippen molar-refractivity contribution in [3.8, 4) is 0 Å². The fourth-order valence-corrected chi connectivity index (χ4v) is 0.697. The largest absolute Gasteiger partial charge is 0.384 e. The molecule has 0 bridgehead atoms. The van der Waals surface area contributed by atoms with E-state index in [1.165, 1.54) is 0 Å². The van der Waals surface area contributed by atoms with Crippen LogP contribution in [0.2, 0.25) is 0 Å². The lowest BCUT2D eigenvalue weighted by Gasteiger charge is -1.93. The van der Waals surface area contributed by atoms with Crippen LogP contribution < -0.4 is 5.73 Å². The molecule has 0 atom stereocenters. The molecule has 3 heteroatoms. The molecular weight excluding hydrogens is 128 g/mol. The standard InChI is InChI=1S/C7H8N2O/c8-7-3-1-2-6(9-7)4-5-10/h1-3,5H,4H2,(H2,8,9). The van der Waals surface area contributed by atoms with Crippen molar-refractivity contribution in [2.75, 3.05) is 5.73 Å². The van der Waals surface area contributed by atoms with Gasteiger partial charge in [0.2, 0.25) is 0 Å². The molecule has 52 valence electrons. The zero-order chi connectivity index (χ0) is 7.40. The molecule has 0 aliphatic carbocycles. The minimum absolute atomic E-state index is 0.338. The predicted octanol–water partition coefficient (Wildman–Crippen LogP) is 0.405. The molecule has 0 aliphatic heterocycles. The van der Waals surface area contributed by atoms with Gasteiger partial charge in [-0.25, -0.2) is 4.98 Å². The molecule has 3 nitrogen and oxygen atoms in total. The van der Waals surface area contributed by atoms with Crippen LogP contribution in [-0.2, 0) is 11.2 Å². The van der Waals surface area contributed by atoms with Gasteiger partial charge < -0.3 is 10.5 Å². The number of hydrogen-bond donors (Lipinski definition) is 1. The molecule has 0 fully saturated rings. The number of carbonyl (C=O) groups excluding carboxylic acids is 1. The van der Waals surface area contributed by atoms with E-state index in [0.717, 1.165) is 12.0 Å². The van der Waals surface area contributed by atoms with Crippen LogP contribution >= 0.6 is 0 Å². The average Bonchev–Trinajstić information content (AvgIpc) is 1.88. The van der Waals surface area contributed by atoms with Gasteiger partial charge in [0.1, 0.15) is 12.1 Å². The summed E-state index contributed by atoms with van der Waals surface area (Å²) in [6.07, 6.45) is 1.15. The van der Waals surface area contributed by atoms with Crippen molar-refractivity contribution in [2.45, 2.75) is 6.42 Å². The highest BCUT2D eigenvalue weighted by Crippen LogP contribution is 1.99. The zero-order valence-corrected chi connectivity index (χ0v) is 5.45. The number of anilines is 1. The summed E-state index contributed by atoms with van der Waals surface area (Å²) in [6, 6.07) is 5.24. The molecule has 0 aliphatic rings. The van der Waals surface area contributed by atoms with Gasteiger partial charge in [-0.3, -0.25) is 0 Å². The van der Waals surface area contributed by atoms with Gasteiger partial charge in [0.05, 0.1) is 0 Å². The van der Waals surface area contributed by atoms with Crippen molar-refractivity contribution in [3.05, 3.63) is 23.9 Å². The summed E-state index contributed by atoms with van der Waals surface area (Å²) in [5.41, 5.74) is 6.08. The van der Waals surface area contributed by atoms with Crippen molar-refractivity contribution in [1.82, 2.24) is 4.98 Å². The Hall–Kier alpha value is -1.38. The third-order valence-corrected chi connectivity index (χ3v) is 1.12. The van der Waals surface area contributed by atoms with Crippen LogP contribution in [0.4, 0.5) is 5.82 Å². The molecule has 0 amide bonds. The third-order valence-electron chi connectivity index (χ3n) is 1.12. The molecule has 10 heavy (non-hydrogen) atoms. The predicted molar refractivity (Wildman–Crippen MR) is 38.4 cm³/mol. The number of carbonyl (C=O) groups is 1. The first-order valence-electron chi connectivity index (χ1n) is 2.98. The van der Waals surface area contributed by atoms with Gasteiger partial charge in [-0.05, 0) is 12.1 Å². The number of rotatable bonds is 2. The molecule has 0 spiro atoms. The topological polar surface area (TPSA) is 56.0 Å². The maximum atomic E-state index is 10.0. The van der Waals surface area contributed by atoms with Crippen LogP contribution in [0.1, 0.15) is 5.69 Å². The lowest BCUT2D eigenvalue weighted by atomic mass is 10.3. The quantitative estimate of drug-likeness (QED) is 0.599. The van der Waals surface area contributed by atoms with E-state index in [1.807, 2.05) is 0 Å². The molecule has 1 aromatic rings. The Morgan fingerprint density at radius 1 is 1.60 bits per heavy atom. The Labute approximate surface area is 58.9 Å². The number of nitrogen functional groups attached to an aromatic ring is 1. The van der Waals surface area contributed by atoms with Gasteiger partial charge in [-0.15, -0.1) is 0 Å². The van der Waals surface area contributed by atoms with Crippen molar-refractivity contribution in [1.29, 1.82) is 0 Å². The van der Waals surface area contributed by atoms with Crippen molar-refractivity contribution < 1.29 is 4.79 Å². The number of nitrogens with zero attached hydrogens (tertiary/aromatic N) is 1. The first kappa shape index (κ1) is 6.74. The SMILES string of the molecule is Nc1cccc(CC=O)n1. The van der Waals surface area contributed by atoms with E-state index in [1.54, 1.807) is 18.2 Å². The minimum Gasteiger partial charge on any atom is -0.384 e. The minimum atomic E-state index is 0.338. The Morgan fingerprint density at radius 2 is 2.40 bits per heavy atom. The molecule has 2 N–H and O–H groups in total. The highest BCUT2D eigenvalue weighted by molar-refractivity contribution is 5.54. The van der Waals surface area contributed by atoms with E-state index in [4.69, 9.17) is 5.73 Å². The maximum Gasteiger partial charge on any atom is 0.125 e. The summed E-state index contributed by atoms with van der Waals surface area (Å²) in [7, 11) is 0. The van der Waals surface area contributed by atoms with E-state index >= 15 is 0 Å². The van der Waals surface area contributed by atoms with Gasteiger partial charge >= 0.3 is 0 Å². The first-order chi connectivity index (χ1) is 4.83. The van der Waals surface area contributed by atoms with E-state index in [-0.39, 0.29) is 0 Å². The van der Waals surface area contributed by atoms with Crippen LogP contribution in [0.15, 0.2) is 18.2 Å². The van der Waals surface area contributed by atoms with Crippen molar-refractivity contribution in [2.24, 2.45) is 0 Å². The normalized spacial score (nSPS) is 9.20. The second-order valence-corrected chi connectivity index (χ2v) is 1.92. The number of aldehydes is 1. The molecule has 0 radical (unpaired) electrons. The molecule has 1 heterocycles. The number of pyridine rings is 1. The summed E-state index contributed by atoms with van der Waals surface area (Å²) in [6.45, 7) is 0. The lowest BCUT2D eigenvalue weighted by molar-refractivity contribution is -0.107. The fraction of sp³-hybridized carbons (Fsp3) is 0.143. The molecular formula is C7H8N2O. The summed E-state index contributed by atoms with van der Waals surface area (Å²) >= 11 is 0. The average molecular weight is 136 g/mol.